The summed E-state index contributed by atoms with van der Waals surface area (Å²) in [5.41, 5.74) is -0.667. The number of aromatic amines is 1. The Kier molecular flexibility index (Phi) is 3.82. The van der Waals surface area contributed by atoms with Crippen LogP contribution in [0.2, 0.25) is 0 Å². The molecule has 0 radical (unpaired) electrons. The van der Waals surface area contributed by atoms with E-state index in [0.29, 0.717) is 6.54 Å². The average molecular weight is 200 g/mol. The summed E-state index contributed by atoms with van der Waals surface area (Å²) >= 11 is 1.74. The number of hydrogen-bond donors (Lipinski definition) is 1. The van der Waals surface area contributed by atoms with Gasteiger partial charge in [0, 0.05) is 18.8 Å². The largest absolute Gasteiger partial charge is 0.328 e. The highest BCUT2D eigenvalue weighted by atomic mass is 32.2. The van der Waals surface area contributed by atoms with Crippen LogP contribution in [0.3, 0.4) is 0 Å². The van der Waals surface area contributed by atoms with Crippen molar-refractivity contribution in [2.45, 2.75) is 13.0 Å². The molecule has 1 N–H and O–H groups in total. The molecule has 0 spiro atoms. The molecule has 4 nitrogen and oxygen atoms in total. The molecular formula is C8H12N2O2S. The number of aryl methyl sites for hydroxylation is 1. The molecule has 1 aromatic rings. The first-order valence-electron chi connectivity index (χ1n) is 4.03. The normalized spacial score (nSPS) is 10.2. The van der Waals surface area contributed by atoms with Crippen LogP contribution in [0.1, 0.15) is 6.42 Å². The molecule has 0 atom stereocenters. The smallest absolute Gasteiger partial charge is 0.301 e. The molecule has 0 saturated heterocycles. The van der Waals surface area contributed by atoms with Crippen LogP contribution in [-0.2, 0) is 6.54 Å². The third kappa shape index (κ3) is 3.10. The standard InChI is InChI=1S/C8H12N2O2S/c1-13-6-2-4-10-5-3-7(11)9-8(10)12/h3,5H,2,4,6H2,1H3,(H,9,11,12). The van der Waals surface area contributed by atoms with Crippen LogP contribution in [0, 0.1) is 0 Å². The van der Waals surface area contributed by atoms with Gasteiger partial charge in [0.25, 0.3) is 5.56 Å². The molecule has 0 saturated carbocycles. The fourth-order valence-electron chi connectivity index (χ4n) is 1.000. The quantitative estimate of drug-likeness (QED) is 0.711. The monoisotopic (exact) mass is 200 g/mol. The Balaban J connectivity index is 2.67. The van der Waals surface area contributed by atoms with Crippen molar-refractivity contribution in [3.63, 3.8) is 0 Å². The zero-order valence-electron chi connectivity index (χ0n) is 7.45. The molecule has 1 rings (SSSR count). The number of aromatic nitrogens is 2. The second-order valence-corrected chi connectivity index (χ2v) is 3.64. The maximum Gasteiger partial charge on any atom is 0.328 e. The van der Waals surface area contributed by atoms with E-state index < -0.39 is 0 Å². The zero-order chi connectivity index (χ0) is 9.68. The Labute approximate surface area is 80.0 Å². The highest BCUT2D eigenvalue weighted by Crippen LogP contribution is 1.96. The Morgan fingerprint density at radius 3 is 2.92 bits per heavy atom. The molecule has 0 amide bonds. The predicted octanol–water partition coefficient (Wildman–Crippen LogP) is 0.290. The first kappa shape index (κ1) is 10.1. The van der Waals surface area contributed by atoms with E-state index in [9.17, 15) is 9.59 Å². The molecule has 1 heterocycles. The van der Waals surface area contributed by atoms with Gasteiger partial charge in [0.2, 0.25) is 0 Å². The molecule has 5 heteroatoms. The molecule has 0 aliphatic carbocycles. The lowest BCUT2D eigenvalue weighted by molar-refractivity contribution is 0.636. The van der Waals surface area contributed by atoms with E-state index in [4.69, 9.17) is 0 Å². The van der Waals surface area contributed by atoms with Gasteiger partial charge in [0.1, 0.15) is 0 Å². The van der Waals surface area contributed by atoms with Crippen molar-refractivity contribution in [3.05, 3.63) is 33.1 Å². The Morgan fingerprint density at radius 2 is 2.31 bits per heavy atom. The summed E-state index contributed by atoms with van der Waals surface area (Å²) < 4.78 is 1.51. The van der Waals surface area contributed by atoms with Gasteiger partial charge in [-0.25, -0.2) is 4.79 Å². The minimum Gasteiger partial charge on any atom is -0.301 e. The number of hydrogen-bond acceptors (Lipinski definition) is 3. The predicted molar refractivity (Wildman–Crippen MR) is 54.3 cm³/mol. The van der Waals surface area contributed by atoms with Crippen LogP contribution in [0.4, 0.5) is 0 Å². The summed E-state index contributed by atoms with van der Waals surface area (Å²) in [5.74, 6) is 1.02. The Hall–Kier alpha value is -0.970. The summed E-state index contributed by atoms with van der Waals surface area (Å²) in [4.78, 5) is 24.0. The van der Waals surface area contributed by atoms with Crippen LogP contribution in [-0.4, -0.2) is 21.6 Å². The van der Waals surface area contributed by atoms with Gasteiger partial charge in [-0.15, -0.1) is 0 Å². The van der Waals surface area contributed by atoms with Crippen molar-refractivity contribution in [3.8, 4) is 0 Å². The molecule has 0 aromatic carbocycles. The van der Waals surface area contributed by atoms with Crippen molar-refractivity contribution < 1.29 is 0 Å². The number of thioether (sulfide) groups is 1. The lowest BCUT2D eigenvalue weighted by atomic mass is 10.4. The van der Waals surface area contributed by atoms with Gasteiger partial charge in [0.15, 0.2) is 0 Å². The average Bonchev–Trinajstić information content (AvgIpc) is 2.09. The van der Waals surface area contributed by atoms with Crippen LogP contribution >= 0.6 is 11.8 Å². The highest BCUT2D eigenvalue weighted by Gasteiger charge is 1.94. The van der Waals surface area contributed by atoms with E-state index in [-0.39, 0.29) is 11.2 Å². The van der Waals surface area contributed by atoms with Gasteiger partial charge >= 0.3 is 5.69 Å². The van der Waals surface area contributed by atoms with E-state index in [2.05, 4.69) is 4.98 Å². The van der Waals surface area contributed by atoms with Crippen LogP contribution in [0.25, 0.3) is 0 Å². The molecule has 1 aromatic heterocycles. The van der Waals surface area contributed by atoms with Crippen LogP contribution < -0.4 is 11.2 Å². The first-order chi connectivity index (χ1) is 6.24. The topological polar surface area (TPSA) is 54.9 Å². The van der Waals surface area contributed by atoms with Gasteiger partial charge < -0.3 is 4.57 Å². The number of rotatable bonds is 4. The number of nitrogens with zero attached hydrogens (tertiary/aromatic N) is 1. The number of nitrogens with one attached hydrogen (secondary N) is 1. The molecule has 0 unspecified atom stereocenters. The summed E-state index contributed by atoms with van der Waals surface area (Å²) in [6, 6.07) is 1.36. The minimum atomic E-state index is -0.342. The third-order valence-corrected chi connectivity index (χ3v) is 2.34. The molecule has 0 aliphatic rings. The minimum absolute atomic E-state index is 0.325. The van der Waals surface area contributed by atoms with Gasteiger partial charge in [-0.3, -0.25) is 9.78 Å². The maximum atomic E-state index is 11.1. The number of H-pyrrole nitrogens is 1. The van der Waals surface area contributed by atoms with Crippen LogP contribution in [0.15, 0.2) is 21.9 Å². The fourth-order valence-corrected chi connectivity index (χ4v) is 1.42. The summed E-state index contributed by atoms with van der Waals surface area (Å²) in [5, 5.41) is 0. The van der Waals surface area contributed by atoms with Gasteiger partial charge in [-0.1, -0.05) is 0 Å². The lowest BCUT2D eigenvalue weighted by Crippen LogP contribution is -2.28. The maximum absolute atomic E-state index is 11.1. The SMILES string of the molecule is CSCCCn1ccc(=O)[nH]c1=O. The van der Waals surface area contributed by atoms with E-state index in [1.807, 2.05) is 6.26 Å². The van der Waals surface area contributed by atoms with E-state index in [0.717, 1.165) is 12.2 Å². The van der Waals surface area contributed by atoms with Crippen molar-refractivity contribution in [2.75, 3.05) is 12.0 Å². The molecule has 0 fully saturated rings. The zero-order valence-corrected chi connectivity index (χ0v) is 8.26. The Morgan fingerprint density at radius 1 is 1.54 bits per heavy atom. The Bertz CT molecular complexity index is 369. The summed E-state index contributed by atoms with van der Waals surface area (Å²) in [6.45, 7) is 0.663. The van der Waals surface area contributed by atoms with E-state index in [1.54, 1.807) is 11.8 Å². The van der Waals surface area contributed by atoms with E-state index in [1.165, 1.54) is 16.8 Å². The molecule has 0 aliphatic heterocycles. The van der Waals surface area contributed by atoms with Crippen molar-refractivity contribution in [1.82, 2.24) is 9.55 Å². The third-order valence-electron chi connectivity index (χ3n) is 1.64. The highest BCUT2D eigenvalue weighted by molar-refractivity contribution is 7.98. The molecule has 13 heavy (non-hydrogen) atoms. The van der Waals surface area contributed by atoms with Gasteiger partial charge in [-0.05, 0) is 18.4 Å². The van der Waals surface area contributed by atoms with Crippen molar-refractivity contribution >= 4 is 11.8 Å². The second-order valence-electron chi connectivity index (χ2n) is 2.65. The van der Waals surface area contributed by atoms with Gasteiger partial charge in [-0.2, -0.15) is 11.8 Å². The van der Waals surface area contributed by atoms with Crippen LogP contribution in [0.5, 0.6) is 0 Å². The molecule has 72 valence electrons. The second kappa shape index (κ2) is 4.91. The van der Waals surface area contributed by atoms with Gasteiger partial charge in [0.05, 0.1) is 0 Å². The van der Waals surface area contributed by atoms with E-state index >= 15 is 0 Å². The molecular weight excluding hydrogens is 188 g/mol. The first-order valence-corrected chi connectivity index (χ1v) is 5.42. The molecule has 0 bridgehead atoms. The summed E-state index contributed by atoms with van der Waals surface area (Å²) in [6.07, 6.45) is 4.49. The fraction of sp³-hybridized carbons (Fsp3) is 0.500. The summed E-state index contributed by atoms with van der Waals surface area (Å²) in [7, 11) is 0. The lowest BCUT2D eigenvalue weighted by Gasteiger charge is -2.02. The van der Waals surface area contributed by atoms with Crippen molar-refractivity contribution in [1.29, 1.82) is 0 Å². The van der Waals surface area contributed by atoms with Crippen molar-refractivity contribution in [2.24, 2.45) is 0 Å².